The lowest BCUT2D eigenvalue weighted by Crippen LogP contribution is -2.18. The van der Waals surface area contributed by atoms with Crippen LogP contribution in [0.25, 0.3) is 11.1 Å². The first-order valence-electron chi connectivity index (χ1n) is 6.38. The second-order valence-corrected chi connectivity index (χ2v) is 6.76. The van der Waals surface area contributed by atoms with Gasteiger partial charge in [-0.2, -0.15) is 0 Å². The van der Waals surface area contributed by atoms with Gasteiger partial charge in [0.05, 0.1) is 16.8 Å². The molecular weight excluding hydrogens is 329 g/mol. The van der Waals surface area contributed by atoms with Gasteiger partial charge in [-0.3, -0.25) is 9.00 Å². The summed E-state index contributed by atoms with van der Waals surface area (Å²) in [6.45, 7) is 1.96. The van der Waals surface area contributed by atoms with Gasteiger partial charge in [-0.25, -0.2) is 0 Å². The van der Waals surface area contributed by atoms with Crippen molar-refractivity contribution in [2.75, 3.05) is 11.6 Å². The average Bonchev–Trinajstić information content (AvgIpc) is 2.47. The molecule has 0 saturated heterocycles. The number of alkyl halides is 2. The van der Waals surface area contributed by atoms with Crippen LogP contribution in [0.1, 0.15) is 5.56 Å². The minimum absolute atomic E-state index is 0.185. The Morgan fingerprint density at radius 2 is 2.00 bits per heavy atom. The van der Waals surface area contributed by atoms with Crippen LogP contribution in [0.4, 0.5) is 0 Å². The van der Waals surface area contributed by atoms with Gasteiger partial charge in [-0.1, -0.05) is 29.8 Å². The second kappa shape index (κ2) is 7.25. The predicted octanol–water partition coefficient (Wildman–Crippen LogP) is 3.37. The molecule has 0 N–H and O–H groups in total. The van der Waals surface area contributed by atoms with Crippen LogP contribution >= 0.6 is 23.2 Å². The van der Waals surface area contributed by atoms with Gasteiger partial charge in [-0.15, -0.1) is 23.2 Å². The van der Waals surface area contributed by atoms with Crippen molar-refractivity contribution in [3.63, 3.8) is 0 Å². The molecule has 0 saturated carbocycles. The average molecular weight is 344 g/mol. The van der Waals surface area contributed by atoms with Crippen LogP contribution in [0.3, 0.4) is 0 Å². The van der Waals surface area contributed by atoms with E-state index < -0.39 is 10.8 Å². The standard InChI is InChI=1S/C15H15Cl2NO2S/c1-11-3-2-4-12(7-11)13-8-18(10-17)9-14(15(13)19)21(20)6-5-16/h2-4,7-9H,5-6,10H2,1H3. The summed E-state index contributed by atoms with van der Waals surface area (Å²) in [5.41, 5.74) is 2.12. The number of aromatic nitrogens is 1. The van der Waals surface area contributed by atoms with Gasteiger partial charge in [0.1, 0.15) is 4.90 Å². The highest BCUT2D eigenvalue weighted by molar-refractivity contribution is 7.85. The molecule has 0 spiro atoms. The molecule has 0 radical (unpaired) electrons. The summed E-state index contributed by atoms with van der Waals surface area (Å²) in [4.78, 5) is 12.8. The molecule has 1 aromatic heterocycles. The third kappa shape index (κ3) is 3.76. The van der Waals surface area contributed by atoms with E-state index in [-0.39, 0.29) is 28.0 Å². The Morgan fingerprint density at radius 3 is 2.62 bits per heavy atom. The van der Waals surface area contributed by atoms with Gasteiger partial charge in [0, 0.05) is 29.6 Å². The number of nitrogens with zero attached hydrogens (tertiary/aromatic N) is 1. The lowest BCUT2D eigenvalue weighted by Gasteiger charge is -2.10. The molecular formula is C15H15Cl2NO2S. The molecule has 3 nitrogen and oxygen atoms in total. The third-order valence-electron chi connectivity index (χ3n) is 3.02. The topological polar surface area (TPSA) is 39.1 Å². The number of aryl methyl sites for hydroxylation is 1. The van der Waals surface area contributed by atoms with Crippen molar-refractivity contribution in [2.45, 2.75) is 17.8 Å². The zero-order chi connectivity index (χ0) is 15.4. The summed E-state index contributed by atoms with van der Waals surface area (Å²) < 4.78 is 13.8. The number of benzene rings is 1. The normalized spacial score (nSPS) is 12.3. The summed E-state index contributed by atoms with van der Waals surface area (Å²) in [5, 5.41) is 0. The van der Waals surface area contributed by atoms with E-state index in [1.165, 1.54) is 6.20 Å². The minimum atomic E-state index is -1.42. The Morgan fingerprint density at radius 1 is 1.24 bits per heavy atom. The first kappa shape index (κ1) is 16.3. The molecule has 0 aliphatic carbocycles. The van der Waals surface area contributed by atoms with Crippen LogP contribution in [-0.2, 0) is 16.8 Å². The van der Waals surface area contributed by atoms with E-state index in [1.807, 2.05) is 31.2 Å². The lowest BCUT2D eigenvalue weighted by atomic mass is 10.1. The number of hydrogen-bond donors (Lipinski definition) is 0. The van der Waals surface area contributed by atoms with E-state index in [0.717, 1.165) is 11.1 Å². The number of pyridine rings is 1. The zero-order valence-corrected chi connectivity index (χ0v) is 13.8. The van der Waals surface area contributed by atoms with Crippen molar-refractivity contribution >= 4 is 34.0 Å². The van der Waals surface area contributed by atoms with Crippen molar-refractivity contribution in [3.05, 3.63) is 52.4 Å². The fourth-order valence-corrected chi connectivity index (χ4v) is 3.52. The minimum Gasteiger partial charge on any atom is -0.338 e. The molecule has 2 rings (SSSR count). The van der Waals surface area contributed by atoms with Crippen molar-refractivity contribution in [1.82, 2.24) is 4.57 Å². The molecule has 2 aromatic rings. The SMILES string of the molecule is Cc1cccc(-c2cn(CCl)cc(S(=O)CCCl)c2=O)c1. The molecule has 0 aliphatic heterocycles. The summed E-state index contributed by atoms with van der Waals surface area (Å²) in [6.07, 6.45) is 3.22. The fourth-order valence-electron chi connectivity index (χ4n) is 2.03. The highest BCUT2D eigenvalue weighted by Crippen LogP contribution is 2.18. The van der Waals surface area contributed by atoms with E-state index in [9.17, 15) is 9.00 Å². The quantitative estimate of drug-likeness (QED) is 0.780. The molecule has 1 heterocycles. The van der Waals surface area contributed by atoms with Crippen LogP contribution in [0.15, 0.2) is 46.3 Å². The van der Waals surface area contributed by atoms with E-state index in [2.05, 4.69) is 0 Å². The Hall–Kier alpha value is -1.10. The molecule has 1 unspecified atom stereocenters. The lowest BCUT2D eigenvalue weighted by molar-refractivity contribution is 0.681. The molecule has 1 atom stereocenters. The summed E-state index contributed by atoms with van der Waals surface area (Å²) in [6, 6.07) is 7.81. The number of hydrogen-bond acceptors (Lipinski definition) is 2. The molecule has 0 aliphatic rings. The molecule has 6 heteroatoms. The van der Waals surface area contributed by atoms with E-state index in [4.69, 9.17) is 23.2 Å². The summed E-state index contributed by atoms with van der Waals surface area (Å²) in [7, 11) is -1.42. The van der Waals surface area contributed by atoms with Crippen LogP contribution in [0.2, 0.25) is 0 Å². The Labute approximate surface area is 136 Å². The maximum absolute atomic E-state index is 12.6. The Bertz CT molecular complexity index is 728. The van der Waals surface area contributed by atoms with Gasteiger partial charge >= 0.3 is 0 Å². The highest BCUT2D eigenvalue weighted by atomic mass is 35.5. The maximum atomic E-state index is 12.6. The van der Waals surface area contributed by atoms with Crippen molar-refractivity contribution in [2.24, 2.45) is 0 Å². The molecule has 0 bridgehead atoms. The molecule has 0 amide bonds. The summed E-state index contributed by atoms with van der Waals surface area (Å²) in [5.74, 6) is 0.484. The van der Waals surface area contributed by atoms with E-state index in [1.54, 1.807) is 10.8 Å². The largest absolute Gasteiger partial charge is 0.338 e. The fraction of sp³-hybridized carbons (Fsp3) is 0.267. The smallest absolute Gasteiger partial charge is 0.205 e. The van der Waals surface area contributed by atoms with Crippen LogP contribution in [0, 0.1) is 6.92 Å². The Kier molecular flexibility index (Phi) is 5.62. The monoisotopic (exact) mass is 343 g/mol. The first-order valence-corrected chi connectivity index (χ1v) is 8.77. The molecule has 112 valence electrons. The van der Waals surface area contributed by atoms with Crippen LogP contribution in [0.5, 0.6) is 0 Å². The maximum Gasteiger partial charge on any atom is 0.205 e. The van der Waals surface area contributed by atoms with Crippen LogP contribution < -0.4 is 5.43 Å². The van der Waals surface area contributed by atoms with Gasteiger partial charge in [0.2, 0.25) is 5.43 Å². The Balaban J connectivity index is 2.63. The molecule has 0 fully saturated rings. The van der Waals surface area contributed by atoms with Gasteiger partial charge < -0.3 is 4.57 Å². The number of halogens is 2. The zero-order valence-electron chi connectivity index (χ0n) is 11.5. The predicted molar refractivity (Wildman–Crippen MR) is 88.7 cm³/mol. The third-order valence-corrected chi connectivity index (χ3v) is 5.07. The van der Waals surface area contributed by atoms with Crippen molar-refractivity contribution < 1.29 is 4.21 Å². The van der Waals surface area contributed by atoms with Crippen molar-refractivity contribution in [1.29, 1.82) is 0 Å². The second-order valence-electron chi connectivity index (χ2n) is 4.61. The molecule has 1 aromatic carbocycles. The summed E-state index contributed by atoms with van der Waals surface area (Å²) >= 11 is 11.5. The van der Waals surface area contributed by atoms with E-state index in [0.29, 0.717) is 5.56 Å². The van der Waals surface area contributed by atoms with Gasteiger partial charge in [-0.05, 0) is 12.5 Å². The van der Waals surface area contributed by atoms with Gasteiger partial charge in [0.15, 0.2) is 0 Å². The van der Waals surface area contributed by atoms with Gasteiger partial charge in [0.25, 0.3) is 0 Å². The first-order chi connectivity index (χ1) is 10.1. The van der Waals surface area contributed by atoms with Crippen molar-refractivity contribution in [3.8, 4) is 11.1 Å². The van der Waals surface area contributed by atoms with E-state index >= 15 is 0 Å². The molecule has 21 heavy (non-hydrogen) atoms. The number of rotatable bonds is 5. The van der Waals surface area contributed by atoms with Crippen LogP contribution in [-0.4, -0.2) is 20.4 Å². The highest BCUT2D eigenvalue weighted by Gasteiger charge is 2.14.